The molecule has 1 saturated heterocycles. The molecule has 2 aromatic carbocycles. The number of ether oxygens (including phenoxy) is 2. The standard InChI is InChI=1S/C20H17FN2O4/c1-12-3-5-15(9-16(12)21)23-11-14(8-19(23)24)20(25)27-17-6-4-13(10-22)7-18(17)26-2/h3-7,9,14H,8,11H2,1-2H3. The molecule has 3 rings (SSSR count). The molecule has 1 unspecified atom stereocenters. The van der Waals surface area contributed by atoms with Crippen LogP contribution in [-0.2, 0) is 9.59 Å². The maximum atomic E-state index is 13.8. The number of anilines is 1. The molecule has 1 amide bonds. The maximum Gasteiger partial charge on any atom is 0.316 e. The number of methoxy groups -OCH3 is 1. The minimum atomic E-state index is -0.679. The average Bonchev–Trinajstić information content (AvgIpc) is 3.06. The van der Waals surface area contributed by atoms with Gasteiger partial charge in [-0.1, -0.05) is 6.07 Å². The predicted molar refractivity (Wildman–Crippen MR) is 94.9 cm³/mol. The van der Waals surface area contributed by atoms with Gasteiger partial charge in [0.1, 0.15) is 5.82 Å². The first-order chi connectivity index (χ1) is 12.9. The van der Waals surface area contributed by atoms with Crippen molar-refractivity contribution in [2.45, 2.75) is 13.3 Å². The van der Waals surface area contributed by atoms with E-state index in [9.17, 15) is 14.0 Å². The summed E-state index contributed by atoms with van der Waals surface area (Å²) in [7, 11) is 1.40. The number of benzene rings is 2. The number of carbonyl (C=O) groups is 2. The Morgan fingerprint density at radius 2 is 2.04 bits per heavy atom. The molecule has 0 saturated carbocycles. The summed E-state index contributed by atoms with van der Waals surface area (Å²) in [5.41, 5.74) is 1.26. The number of nitriles is 1. The van der Waals surface area contributed by atoms with E-state index in [4.69, 9.17) is 14.7 Å². The van der Waals surface area contributed by atoms with Gasteiger partial charge in [-0.2, -0.15) is 5.26 Å². The lowest BCUT2D eigenvalue weighted by Crippen LogP contribution is -2.27. The molecule has 0 aliphatic carbocycles. The quantitative estimate of drug-likeness (QED) is 0.612. The highest BCUT2D eigenvalue weighted by Crippen LogP contribution is 2.31. The third-order valence-electron chi connectivity index (χ3n) is 4.43. The van der Waals surface area contributed by atoms with Crippen LogP contribution in [0.4, 0.5) is 10.1 Å². The van der Waals surface area contributed by atoms with Gasteiger partial charge in [0, 0.05) is 24.7 Å². The van der Waals surface area contributed by atoms with Crippen LogP contribution in [0.15, 0.2) is 36.4 Å². The third-order valence-corrected chi connectivity index (χ3v) is 4.43. The molecule has 1 aliphatic heterocycles. The Labute approximate surface area is 155 Å². The number of hydrogen-bond acceptors (Lipinski definition) is 5. The van der Waals surface area contributed by atoms with Crippen molar-refractivity contribution in [2.75, 3.05) is 18.6 Å². The van der Waals surface area contributed by atoms with E-state index in [1.807, 2.05) is 6.07 Å². The van der Waals surface area contributed by atoms with Crippen molar-refractivity contribution < 1.29 is 23.5 Å². The van der Waals surface area contributed by atoms with Gasteiger partial charge < -0.3 is 14.4 Å². The normalized spacial score (nSPS) is 16.1. The van der Waals surface area contributed by atoms with Gasteiger partial charge in [0.2, 0.25) is 5.91 Å². The first kappa shape index (κ1) is 18.4. The Kier molecular flexibility index (Phi) is 5.08. The number of carbonyl (C=O) groups excluding carboxylic acids is 2. The Balaban J connectivity index is 1.74. The molecule has 1 heterocycles. The molecule has 6 nitrogen and oxygen atoms in total. The number of hydrogen-bond donors (Lipinski definition) is 0. The highest BCUT2D eigenvalue weighted by atomic mass is 19.1. The molecular formula is C20H17FN2O4. The Morgan fingerprint density at radius 3 is 2.70 bits per heavy atom. The molecular weight excluding hydrogens is 351 g/mol. The zero-order valence-corrected chi connectivity index (χ0v) is 14.9. The number of nitrogens with zero attached hydrogens (tertiary/aromatic N) is 2. The fourth-order valence-corrected chi connectivity index (χ4v) is 2.88. The van der Waals surface area contributed by atoms with Crippen LogP contribution < -0.4 is 14.4 Å². The summed E-state index contributed by atoms with van der Waals surface area (Å²) in [6.45, 7) is 1.74. The van der Waals surface area contributed by atoms with Crippen LogP contribution in [0.2, 0.25) is 0 Å². The fourth-order valence-electron chi connectivity index (χ4n) is 2.88. The summed E-state index contributed by atoms with van der Waals surface area (Å²) < 4.78 is 24.3. The van der Waals surface area contributed by atoms with Gasteiger partial charge in [-0.05, 0) is 36.8 Å². The second kappa shape index (κ2) is 7.46. The predicted octanol–water partition coefficient (Wildman–Crippen LogP) is 2.97. The van der Waals surface area contributed by atoms with Gasteiger partial charge in [0.15, 0.2) is 11.5 Å². The van der Waals surface area contributed by atoms with Crippen LogP contribution in [0.3, 0.4) is 0 Å². The van der Waals surface area contributed by atoms with Gasteiger partial charge in [-0.25, -0.2) is 4.39 Å². The van der Waals surface area contributed by atoms with E-state index in [1.165, 1.54) is 36.3 Å². The van der Waals surface area contributed by atoms with Gasteiger partial charge in [-0.3, -0.25) is 9.59 Å². The summed E-state index contributed by atoms with van der Waals surface area (Å²) in [4.78, 5) is 26.1. The number of halogens is 1. The first-order valence-electron chi connectivity index (χ1n) is 8.29. The lowest BCUT2D eigenvalue weighted by Gasteiger charge is -2.17. The zero-order valence-electron chi connectivity index (χ0n) is 14.9. The number of amides is 1. The molecule has 2 aromatic rings. The smallest absolute Gasteiger partial charge is 0.316 e. The Bertz CT molecular complexity index is 951. The van der Waals surface area contributed by atoms with Crippen molar-refractivity contribution in [3.8, 4) is 17.6 Å². The molecule has 1 atom stereocenters. The van der Waals surface area contributed by atoms with Crippen molar-refractivity contribution >= 4 is 17.6 Å². The molecule has 0 bridgehead atoms. The molecule has 0 N–H and O–H groups in total. The minimum Gasteiger partial charge on any atom is -0.493 e. The summed E-state index contributed by atoms with van der Waals surface area (Å²) >= 11 is 0. The third kappa shape index (κ3) is 3.75. The van der Waals surface area contributed by atoms with Gasteiger partial charge >= 0.3 is 5.97 Å². The van der Waals surface area contributed by atoms with E-state index >= 15 is 0 Å². The van der Waals surface area contributed by atoms with Crippen molar-refractivity contribution in [3.05, 3.63) is 53.3 Å². The highest BCUT2D eigenvalue weighted by molar-refractivity contribution is 5.99. The van der Waals surface area contributed by atoms with E-state index in [0.717, 1.165) is 0 Å². The van der Waals surface area contributed by atoms with Gasteiger partial charge in [0.05, 0.1) is 24.7 Å². The van der Waals surface area contributed by atoms with Crippen LogP contribution in [0, 0.1) is 30.0 Å². The minimum absolute atomic E-state index is 0.0209. The van der Waals surface area contributed by atoms with E-state index < -0.39 is 17.7 Å². The number of esters is 1. The summed E-state index contributed by atoms with van der Waals surface area (Å²) in [5, 5.41) is 8.92. The molecule has 27 heavy (non-hydrogen) atoms. The van der Waals surface area contributed by atoms with Crippen molar-refractivity contribution in [1.82, 2.24) is 0 Å². The molecule has 0 spiro atoms. The van der Waals surface area contributed by atoms with Crippen molar-refractivity contribution in [2.24, 2.45) is 5.92 Å². The van der Waals surface area contributed by atoms with Crippen LogP contribution in [0.1, 0.15) is 17.5 Å². The van der Waals surface area contributed by atoms with Crippen LogP contribution in [0.5, 0.6) is 11.5 Å². The average molecular weight is 368 g/mol. The van der Waals surface area contributed by atoms with Crippen molar-refractivity contribution in [1.29, 1.82) is 5.26 Å². The van der Waals surface area contributed by atoms with Crippen LogP contribution in [-0.4, -0.2) is 25.5 Å². The summed E-state index contributed by atoms with van der Waals surface area (Å²) in [6, 6.07) is 10.9. The topological polar surface area (TPSA) is 79.6 Å². The second-order valence-electron chi connectivity index (χ2n) is 6.24. The molecule has 1 aliphatic rings. The van der Waals surface area contributed by atoms with Crippen molar-refractivity contribution in [3.63, 3.8) is 0 Å². The lowest BCUT2D eigenvalue weighted by molar-refractivity contribution is -0.139. The van der Waals surface area contributed by atoms with E-state index in [0.29, 0.717) is 16.8 Å². The molecule has 7 heteroatoms. The first-order valence-corrected chi connectivity index (χ1v) is 8.29. The fraction of sp³-hybridized carbons (Fsp3) is 0.250. The Hall–Kier alpha value is -3.40. The SMILES string of the molecule is COc1cc(C#N)ccc1OC(=O)C1CC(=O)N(c2ccc(C)c(F)c2)C1. The van der Waals surface area contributed by atoms with Crippen LogP contribution >= 0.6 is 0 Å². The van der Waals surface area contributed by atoms with E-state index in [1.54, 1.807) is 19.1 Å². The number of aryl methyl sites for hydroxylation is 1. The molecule has 0 radical (unpaired) electrons. The van der Waals surface area contributed by atoms with Gasteiger partial charge in [-0.15, -0.1) is 0 Å². The Morgan fingerprint density at radius 1 is 1.26 bits per heavy atom. The number of rotatable bonds is 4. The molecule has 1 fully saturated rings. The highest BCUT2D eigenvalue weighted by Gasteiger charge is 2.37. The monoisotopic (exact) mass is 368 g/mol. The van der Waals surface area contributed by atoms with E-state index in [2.05, 4.69) is 0 Å². The van der Waals surface area contributed by atoms with E-state index in [-0.39, 0.29) is 30.4 Å². The lowest BCUT2D eigenvalue weighted by atomic mass is 10.1. The summed E-state index contributed by atoms with van der Waals surface area (Å²) in [6.07, 6.45) is -0.0209. The maximum absolute atomic E-state index is 13.8. The summed E-state index contributed by atoms with van der Waals surface area (Å²) in [5.74, 6) is -1.51. The molecule has 0 aromatic heterocycles. The second-order valence-corrected chi connectivity index (χ2v) is 6.24. The molecule has 138 valence electrons. The largest absolute Gasteiger partial charge is 0.493 e. The van der Waals surface area contributed by atoms with Crippen LogP contribution in [0.25, 0.3) is 0 Å². The van der Waals surface area contributed by atoms with Gasteiger partial charge in [0.25, 0.3) is 0 Å². The zero-order chi connectivity index (χ0) is 19.6.